The zero-order chi connectivity index (χ0) is 17.9. The molecule has 1 atom stereocenters. The summed E-state index contributed by atoms with van der Waals surface area (Å²) in [5.41, 5.74) is 7.39. The number of hydrogen-bond donors (Lipinski definition) is 2. The lowest BCUT2D eigenvalue weighted by Crippen LogP contribution is -2.38. The second kappa shape index (κ2) is 7.02. The first kappa shape index (κ1) is 16.4. The predicted octanol–water partition coefficient (Wildman–Crippen LogP) is 4.22. The number of nitrogens with one attached hydrogen (secondary N) is 1. The zero-order valence-corrected chi connectivity index (χ0v) is 14.2. The highest BCUT2D eigenvalue weighted by molar-refractivity contribution is 5.80. The molecule has 0 radical (unpaired) electrons. The number of carbonyl (C=O) groups is 1. The van der Waals surface area contributed by atoms with Crippen molar-refractivity contribution in [2.75, 3.05) is 0 Å². The van der Waals surface area contributed by atoms with Gasteiger partial charge >= 0.3 is 0 Å². The molecule has 3 aromatic rings. The van der Waals surface area contributed by atoms with E-state index in [-0.39, 0.29) is 0 Å². The summed E-state index contributed by atoms with van der Waals surface area (Å²) in [5.74, 6) is 0.200. The van der Waals surface area contributed by atoms with Crippen molar-refractivity contribution in [1.29, 1.82) is 0 Å². The van der Waals surface area contributed by atoms with Crippen molar-refractivity contribution in [1.82, 2.24) is 5.48 Å². The van der Waals surface area contributed by atoms with E-state index in [4.69, 9.17) is 9.94 Å². The second-order valence-corrected chi connectivity index (χ2v) is 6.39. The van der Waals surface area contributed by atoms with Gasteiger partial charge in [-0.1, -0.05) is 60.7 Å². The van der Waals surface area contributed by atoms with E-state index < -0.39 is 12.0 Å². The molecule has 3 aromatic carbocycles. The smallest absolute Gasteiger partial charge is 0.284 e. The maximum absolute atomic E-state index is 11.5. The first-order valence-corrected chi connectivity index (χ1v) is 8.64. The van der Waals surface area contributed by atoms with Gasteiger partial charge in [-0.25, -0.2) is 5.48 Å². The first-order chi connectivity index (χ1) is 12.7. The van der Waals surface area contributed by atoms with E-state index in [1.807, 2.05) is 30.3 Å². The van der Waals surface area contributed by atoms with Crippen LogP contribution in [-0.4, -0.2) is 17.2 Å². The number of amides is 1. The van der Waals surface area contributed by atoms with Crippen LogP contribution in [-0.2, 0) is 11.2 Å². The predicted molar refractivity (Wildman–Crippen MR) is 100.0 cm³/mol. The fraction of sp³-hybridized carbons (Fsp3) is 0.136. The van der Waals surface area contributed by atoms with Gasteiger partial charge in [0, 0.05) is 0 Å². The van der Waals surface area contributed by atoms with Crippen LogP contribution in [0.5, 0.6) is 5.75 Å². The third-order valence-electron chi connectivity index (χ3n) is 4.73. The van der Waals surface area contributed by atoms with Crippen LogP contribution in [0.15, 0.2) is 72.8 Å². The summed E-state index contributed by atoms with van der Waals surface area (Å²) in [5, 5.41) is 8.75. The molecule has 4 nitrogen and oxygen atoms in total. The highest BCUT2D eigenvalue weighted by atomic mass is 16.5. The Morgan fingerprint density at radius 3 is 2.19 bits per heavy atom. The molecule has 2 N–H and O–H groups in total. The van der Waals surface area contributed by atoms with Crippen LogP contribution in [0.25, 0.3) is 22.3 Å². The molecule has 0 bridgehead atoms. The summed E-state index contributed by atoms with van der Waals surface area (Å²) in [6, 6.07) is 24.8. The van der Waals surface area contributed by atoms with E-state index in [1.54, 1.807) is 5.48 Å². The highest BCUT2D eigenvalue weighted by Crippen LogP contribution is 2.33. The monoisotopic (exact) mass is 345 g/mol. The number of hydrogen-bond acceptors (Lipinski definition) is 3. The van der Waals surface area contributed by atoms with Gasteiger partial charge in [-0.05, 0) is 52.8 Å². The normalized spacial score (nSPS) is 15.7. The van der Waals surface area contributed by atoms with Crippen LogP contribution >= 0.6 is 0 Å². The zero-order valence-electron chi connectivity index (χ0n) is 14.2. The maximum Gasteiger partial charge on any atom is 0.284 e. The minimum absolute atomic E-state index is 0.503. The van der Waals surface area contributed by atoms with Gasteiger partial charge in [0.25, 0.3) is 5.91 Å². The van der Waals surface area contributed by atoms with Gasteiger partial charge < -0.3 is 4.74 Å². The Kier molecular flexibility index (Phi) is 4.42. The topological polar surface area (TPSA) is 58.6 Å². The molecule has 0 spiro atoms. The number of hydroxylamine groups is 1. The maximum atomic E-state index is 11.5. The van der Waals surface area contributed by atoms with Crippen molar-refractivity contribution in [3.8, 4) is 28.0 Å². The lowest BCUT2D eigenvalue weighted by molar-refractivity contribution is -0.137. The van der Waals surface area contributed by atoms with Crippen molar-refractivity contribution in [2.45, 2.75) is 18.9 Å². The molecule has 0 aliphatic carbocycles. The average Bonchev–Trinajstić information content (AvgIpc) is 2.73. The van der Waals surface area contributed by atoms with Gasteiger partial charge in [-0.2, -0.15) is 0 Å². The molecule has 0 saturated heterocycles. The SMILES string of the molecule is O=C(NO)C1CCc2cc(-c3ccc(-c4ccccc4)cc3)ccc2O1. The van der Waals surface area contributed by atoms with Crippen LogP contribution in [0.1, 0.15) is 12.0 Å². The molecule has 130 valence electrons. The molecule has 1 unspecified atom stereocenters. The Morgan fingerprint density at radius 1 is 0.885 bits per heavy atom. The van der Waals surface area contributed by atoms with E-state index in [1.165, 1.54) is 11.1 Å². The standard InChI is InChI=1S/C22H19NO3/c24-22(23-25)21-13-11-19-14-18(10-12-20(19)26-21)17-8-6-16(7-9-17)15-4-2-1-3-5-15/h1-10,12,14,21,25H,11,13H2,(H,23,24). The summed E-state index contributed by atoms with van der Waals surface area (Å²) in [6.07, 6.45) is 0.655. The largest absolute Gasteiger partial charge is 0.480 e. The third kappa shape index (κ3) is 3.19. The van der Waals surface area contributed by atoms with Gasteiger partial charge in [0.1, 0.15) is 5.75 Å². The minimum Gasteiger partial charge on any atom is -0.480 e. The highest BCUT2D eigenvalue weighted by Gasteiger charge is 2.25. The van der Waals surface area contributed by atoms with Crippen molar-refractivity contribution >= 4 is 5.91 Å². The van der Waals surface area contributed by atoms with Gasteiger partial charge in [0.15, 0.2) is 6.10 Å². The van der Waals surface area contributed by atoms with Crippen LogP contribution in [0.2, 0.25) is 0 Å². The molecule has 4 heteroatoms. The Balaban J connectivity index is 1.57. The number of rotatable bonds is 3. The van der Waals surface area contributed by atoms with Crippen molar-refractivity contribution in [3.05, 3.63) is 78.4 Å². The molecule has 1 amide bonds. The molecule has 1 aliphatic rings. The summed E-state index contributed by atoms with van der Waals surface area (Å²) < 4.78 is 5.68. The summed E-state index contributed by atoms with van der Waals surface area (Å²) in [7, 11) is 0. The molecule has 1 aliphatic heterocycles. The Labute approximate surface area is 152 Å². The molecule has 26 heavy (non-hydrogen) atoms. The minimum atomic E-state index is -0.636. The summed E-state index contributed by atoms with van der Waals surface area (Å²) in [6.45, 7) is 0. The molecular formula is C22H19NO3. The quantitative estimate of drug-likeness (QED) is 0.552. The van der Waals surface area contributed by atoms with Crippen molar-refractivity contribution in [3.63, 3.8) is 0 Å². The van der Waals surface area contributed by atoms with E-state index in [9.17, 15) is 4.79 Å². The van der Waals surface area contributed by atoms with Gasteiger partial charge in [0.05, 0.1) is 0 Å². The van der Waals surface area contributed by atoms with Gasteiger partial charge in [-0.3, -0.25) is 10.0 Å². The van der Waals surface area contributed by atoms with E-state index in [0.717, 1.165) is 23.1 Å². The second-order valence-electron chi connectivity index (χ2n) is 6.39. The van der Waals surface area contributed by atoms with Crippen LogP contribution in [0.4, 0.5) is 0 Å². The Hall–Kier alpha value is -3.11. The molecule has 0 fully saturated rings. The first-order valence-electron chi connectivity index (χ1n) is 8.64. The lowest BCUT2D eigenvalue weighted by Gasteiger charge is -2.25. The van der Waals surface area contributed by atoms with E-state index in [2.05, 4.69) is 42.5 Å². The van der Waals surface area contributed by atoms with E-state index >= 15 is 0 Å². The number of ether oxygens (including phenoxy) is 1. The molecular weight excluding hydrogens is 326 g/mol. The summed E-state index contributed by atoms with van der Waals surface area (Å²) >= 11 is 0. The van der Waals surface area contributed by atoms with Crippen LogP contribution in [0, 0.1) is 0 Å². The number of benzene rings is 3. The van der Waals surface area contributed by atoms with E-state index in [0.29, 0.717) is 12.2 Å². The van der Waals surface area contributed by atoms with Crippen molar-refractivity contribution in [2.24, 2.45) is 0 Å². The summed E-state index contributed by atoms with van der Waals surface area (Å²) in [4.78, 5) is 11.5. The fourth-order valence-electron chi connectivity index (χ4n) is 3.31. The molecule has 0 saturated carbocycles. The molecule has 1 heterocycles. The lowest BCUT2D eigenvalue weighted by atomic mass is 9.95. The van der Waals surface area contributed by atoms with Gasteiger partial charge in [0.2, 0.25) is 0 Å². The number of carbonyl (C=O) groups excluding carboxylic acids is 1. The number of aryl methyl sites for hydroxylation is 1. The Bertz CT molecular complexity index is 920. The van der Waals surface area contributed by atoms with Gasteiger partial charge in [-0.15, -0.1) is 0 Å². The Morgan fingerprint density at radius 2 is 1.50 bits per heavy atom. The van der Waals surface area contributed by atoms with Crippen LogP contribution < -0.4 is 10.2 Å². The molecule has 0 aromatic heterocycles. The van der Waals surface area contributed by atoms with Crippen molar-refractivity contribution < 1.29 is 14.7 Å². The molecule has 4 rings (SSSR count). The third-order valence-corrected chi connectivity index (χ3v) is 4.73. The average molecular weight is 345 g/mol. The fourth-order valence-corrected chi connectivity index (χ4v) is 3.31. The van der Waals surface area contributed by atoms with Crippen LogP contribution in [0.3, 0.4) is 0 Å². The number of fused-ring (bicyclic) bond motifs is 1.